The molecular formula is C26H31NO4. The minimum Gasteiger partial charge on any atom is -0.493 e. The zero-order chi connectivity index (χ0) is 21.8. The zero-order valence-electron chi connectivity index (χ0n) is 18.6. The molecule has 1 heterocycles. The van der Waals surface area contributed by atoms with E-state index in [1.54, 1.807) is 0 Å². The molecule has 0 spiro atoms. The van der Waals surface area contributed by atoms with Crippen LogP contribution in [0.3, 0.4) is 0 Å². The maximum atomic E-state index is 11.6. The Bertz CT molecular complexity index is 999. The summed E-state index contributed by atoms with van der Waals surface area (Å²) in [6.45, 7) is 4.81. The lowest BCUT2D eigenvalue weighted by molar-refractivity contribution is -0.141. The Hall–Kier alpha value is -2.82. The molecule has 0 fully saturated rings. The smallest absolute Gasteiger partial charge is 0.306 e. The number of hydrogen-bond acceptors (Lipinski definition) is 5. The van der Waals surface area contributed by atoms with Crippen molar-refractivity contribution in [2.45, 2.75) is 64.2 Å². The molecule has 0 bridgehead atoms. The van der Waals surface area contributed by atoms with Crippen LogP contribution in [0.5, 0.6) is 5.75 Å². The standard InChI is InChI=1S/C26H31NO4/c1-17(2)25-23(27-26(31-25)18-7-5-4-6-8-18)13-14-30-21-11-12-22-19(15-21)9-10-20(22)16-24(28)29-3/h5,7-8,11-12,15,17,20H,4,6,9-10,13-14,16H2,1-3H3. The van der Waals surface area contributed by atoms with Crippen LogP contribution in [0.2, 0.25) is 0 Å². The van der Waals surface area contributed by atoms with Gasteiger partial charge < -0.3 is 13.9 Å². The third kappa shape index (κ3) is 4.92. The van der Waals surface area contributed by atoms with Gasteiger partial charge in [-0.15, -0.1) is 0 Å². The van der Waals surface area contributed by atoms with Crippen LogP contribution in [0.4, 0.5) is 0 Å². The molecule has 2 aliphatic rings. The van der Waals surface area contributed by atoms with Crippen molar-refractivity contribution in [3.8, 4) is 5.75 Å². The first-order valence-corrected chi connectivity index (χ1v) is 11.2. The largest absolute Gasteiger partial charge is 0.493 e. The van der Waals surface area contributed by atoms with E-state index < -0.39 is 0 Å². The number of rotatable bonds is 8. The predicted molar refractivity (Wildman–Crippen MR) is 120 cm³/mol. The topological polar surface area (TPSA) is 61.6 Å². The van der Waals surface area contributed by atoms with E-state index in [0.717, 1.165) is 48.5 Å². The average Bonchev–Trinajstić information content (AvgIpc) is 3.39. The van der Waals surface area contributed by atoms with Gasteiger partial charge >= 0.3 is 5.97 Å². The Kier molecular flexibility index (Phi) is 6.59. The summed E-state index contributed by atoms with van der Waals surface area (Å²) in [7, 11) is 1.44. The third-order valence-corrected chi connectivity index (χ3v) is 6.06. The molecule has 0 radical (unpaired) electrons. The van der Waals surface area contributed by atoms with Crippen molar-refractivity contribution in [3.05, 3.63) is 64.9 Å². The molecule has 2 aromatic rings. The Balaban J connectivity index is 1.40. The fraction of sp³-hybridized carbons (Fsp3) is 0.462. The van der Waals surface area contributed by atoms with Crippen molar-refractivity contribution in [1.82, 2.24) is 4.98 Å². The molecule has 1 atom stereocenters. The van der Waals surface area contributed by atoms with Gasteiger partial charge in [0.1, 0.15) is 11.5 Å². The number of benzene rings is 1. The van der Waals surface area contributed by atoms with Crippen LogP contribution in [0.25, 0.3) is 5.57 Å². The van der Waals surface area contributed by atoms with E-state index >= 15 is 0 Å². The maximum Gasteiger partial charge on any atom is 0.306 e. The summed E-state index contributed by atoms with van der Waals surface area (Å²) < 4.78 is 17.0. The highest BCUT2D eigenvalue weighted by Gasteiger charge is 2.25. The number of nitrogens with zero attached hydrogens (tertiary/aromatic N) is 1. The van der Waals surface area contributed by atoms with Crippen molar-refractivity contribution >= 4 is 11.5 Å². The van der Waals surface area contributed by atoms with Gasteiger partial charge in [-0.05, 0) is 54.9 Å². The molecule has 4 rings (SSSR count). The zero-order valence-corrected chi connectivity index (χ0v) is 18.6. The van der Waals surface area contributed by atoms with E-state index in [-0.39, 0.29) is 17.8 Å². The first-order valence-electron chi connectivity index (χ1n) is 11.2. The molecule has 0 amide bonds. The number of methoxy groups -OCH3 is 1. The van der Waals surface area contributed by atoms with Crippen molar-refractivity contribution in [3.63, 3.8) is 0 Å². The SMILES string of the molecule is COC(=O)CC1CCc2cc(OCCc3nc(C4=CCCC=C4)oc3C(C)C)ccc21. The second-order valence-electron chi connectivity index (χ2n) is 8.60. The van der Waals surface area contributed by atoms with Crippen molar-refractivity contribution in [2.75, 3.05) is 13.7 Å². The van der Waals surface area contributed by atoms with Crippen LogP contribution in [-0.4, -0.2) is 24.7 Å². The number of aryl methyl sites for hydroxylation is 1. The van der Waals surface area contributed by atoms with Gasteiger partial charge in [0.15, 0.2) is 0 Å². The summed E-state index contributed by atoms with van der Waals surface area (Å²) in [5.74, 6) is 2.90. The number of carbonyl (C=O) groups excluding carboxylic acids is 1. The molecule has 0 aliphatic heterocycles. The lowest BCUT2D eigenvalue weighted by Crippen LogP contribution is -2.06. The summed E-state index contributed by atoms with van der Waals surface area (Å²) in [6.07, 6.45) is 11.7. The maximum absolute atomic E-state index is 11.6. The molecule has 2 aliphatic carbocycles. The molecule has 0 saturated carbocycles. The molecular weight excluding hydrogens is 390 g/mol. The van der Waals surface area contributed by atoms with Gasteiger partial charge in [0.05, 0.1) is 25.8 Å². The van der Waals surface area contributed by atoms with Crippen LogP contribution in [0.1, 0.15) is 79.8 Å². The normalized spacial score (nSPS) is 17.5. The average molecular weight is 422 g/mol. The highest BCUT2D eigenvalue weighted by molar-refractivity contribution is 5.71. The highest BCUT2D eigenvalue weighted by Crippen LogP contribution is 2.37. The van der Waals surface area contributed by atoms with E-state index in [0.29, 0.717) is 25.3 Å². The number of ether oxygens (including phenoxy) is 2. The molecule has 1 aromatic heterocycles. The Labute approximate surface area is 184 Å². The molecule has 5 heteroatoms. The van der Waals surface area contributed by atoms with Gasteiger partial charge in [-0.1, -0.05) is 38.1 Å². The van der Waals surface area contributed by atoms with E-state index in [9.17, 15) is 4.79 Å². The molecule has 5 nitrogen and oxygen atoms in total. The van der Waals surface area contributed by atoms with Crippen LogP contribution in [0, 0.1) is 0 Å². The number of esters is 1. The fourth-order valence-electron chi connectivity index (χ4n) is 4.42. The molecule has 1 aromatic carbocycles. The van der Waals surface area contributed by atoms with Crippen LogP contribution in [-0.2, 0) is 22.4 Å². The minimum absolute atomic E-state index is 0.148. The van der Waals surface area contributed by atoms with Gasteiger partial charge in [-0.3, -0.25) is 4.79 Å². The van der Waals surface area contributed by atoms with E-state index in [1.807, 2.05) is 6.07 Å². The second kappa shape index (κ2) is 9.54. The number of fused-ring (bicyclic) bond motifs is 1. The summed E-state index contributed by atoms with van der Waals surface area (Å²) in [4.78, 5) is 16.4. The minimum atomic E-state index is -0.148. The first kappa shape index (κ1) is 21.4. The monoisotopic (exact) mass is 421 g/mol. The van der Waals surface area contributed by atoms with Crippen molar-refractivity contribution < 1.29 is 18.7 Å². The third-order valence-electron chi connectivity index (χ3n) is 6.06. The molecule has 0 saturated heterocycles. The molecule has 164 valence electrons. The van der Waals surface area contributed by atoms with Gasteiger partial charge in [-0.2, -0.15) is 0 Å². The molecule has 31 heavy (non-hydrogen) atoms. The van der Waals surface area contributed by atoms with Gasteiger partial charge in [-0.25, -0.2) is 4.98 Å². The van der Waals surface area contributed by atoms with Crippen LogP contribution < -0.4 is 4.74 Å². The fourth-order valence-corrected chi connectivity index (χ4v) is 4.42. The Morgan fingerprint density at radius 1 is 1.29 bits per heavy atom. The summed E-state index contributed by atoms with van der Waals surface area (Å²) >= 11 is 0. The van der Waals surface area contributed by atoms with E-state index in [1.165, 1.54) is 18.2 Å². The first-order chi connectivity index (χ1) is 15.0. The van der Waals surface area contributed by atoms with Crippen LogP contribution >= 0.6 is 0 Å². The highest BCUT2D eigenvalue weighted by atomic mass is 16.5. The lowest BCUT2D eigenvalue weighted by atomic mass is 9.98. The number of allylic oxidation sites excluding steroid dienone is 4. The quantitative estimate of drug-likeness (QED) is 0.508. The number of carbonyl (C=O) groups is 1. The Morgan fingerprint density at radius 2 is 2.16 bits per heavy atom. The van der Waals surface area contributed by atoms with Gasteiger partial charge in [0.2, 0.25) is 5.89 Å². The van der Waals surface area contributed by atoms with Gasteiger partial charge in [0, 0.05) is 17.9 Å². The predicted octanol–water partition coefficient (Wildman–Crippen LogP) is 5.75. The second-order valence-corrected chi connectivity index (χ2v) is 8.60. The number of hydrogen-bond donors (Lipinski definition) is 0. The van der Waals surface area contributed by atoms with E-state index in [4.69, 9.17) is 18.9 Å². The van der Waals surface area contributed by atoms with E-state index in [2.05, 4.69) is 44.2 Å². The summed E-state index contributed by atoms with van der Waals surface area (Å²) in [5.41, 5.74) is 4.56. The lowest BCUT2D eigenvalue weighted by Gasteiger charge is -2.11. The van der Waals surface area contributed by atoms with Crippen LogP contribution in [0.15, 0.2) is 40.8 Å². The van der Waals surface area contributed by atoms with Crippen molar-refractivity contribution in [1.29, 1.82) is 0 Å². The molecule has 1 unspecified atom stereocenters. The Morgan fingerprint density at radius 3 is 2.90 bits per heavy atom. The van der Waals surface area contributed by atoms with Crippen molar-refractivity contribution in [2.24, 2.45) is 0 Å². The van der Waals surface area contributed by atoms with Gasteiger partial charge in [0.25, 0.3) is 0 Å². The summed E-state index contributed by atoms with van der Waals surface area (Å²) in [6, 6.07) is 6.21. The summed E-state index contributed by atoms with van der Waals surface area (Å²) in [5, 5.41) is 0. The number of aromatic nitrogens is 1. The molecule has 0 N–H and O–H groups in total. The number of oxazole rings is 1.